The summed E-state index contributed by atoms with van der Waals surface area (Å²) in [6.07, 6.45) is 6.34. The van der Waals surface area contributed by atoms with Gasteiger partial charge in [0.25, 0.3) is 0 Å². The quantitative estimate of drug-likeness (QED) is 0.658. The number of hydrogen-bond donors (Lipinski definition) is 1. The molecule has 1 aliphatic carbocycles. The van der Waals surface area contributed by atoms with Gasteiger partial charge in [-0.15, -0.1) is 0 Å². The molecule has 1 rings (SSSR count). The van der Waals surface area contributed by atoms with Crippen molar-refractivity contribution in [3.05, 3.63) is 0 Å². The van der Waals surface area contributed by atoms with Crippen LogP contribution in [0.3, 0.4) is 0 Å². The van der Waals surface area contributed by atoms with E-state index >= 15 is 0 Å². The molecular weight excluding hydrogens is 150 g/mol. The minimum Gasteiger partial charge on any atom is -0.381 e. The molecule has 2 heteroatoms. The van der Waals surface area contributed by atoms with E-state index in [4.69, 9.17) is 10.5 Å². The standard InChI is InChI=1S/C10H21NO/c1-2-12-8-9-5-3-4-6-10(11)7-9/h9-10H,2-8,11H2,1H3. The monoisotopic (exact) mass is 171 g/mol. The zero-order valence-corrected chi connectivity index (χ0v) is 8.09. The van der Waals surface area contributed by atoms with E-state index in [0.29, 0.717) is 6.04 Å². The van der Waals surface area contributed by atoms with Gasteiger partial charge in [0, 0.05) is 19.3 Å². The average Bonchev–Trinajstić information content (AvgIpc) is 2.26. The Bertz CT molecular complexity index is 116. The predicted octanol–water partition coefficient (Wildman–Crippen LogP) is 1.93. The van der Waals surface area contributed by atoms with Crippen molar-refractivity contribution in [1.29, 1.82) is 0 Å². The lowest BCUT2D eigenvalue weighted by Crippen LogP contribution is -2.23. The Morgan fingerprint density at radius 3 is 2.83 bits per heavy atom. The Hall–Kier alpha value is -0.0800. The van der Waals surface area contributed by atoms with Crippen LogP contribution in [0.5, 0.6) is 0 Å². The Kier molecular flexibility index (Phi) is 4.62. The average molecular weight is 171 g/mol. The van der Waals surface area contributed by atoms with Crippen molar-refractivity contribution >= 4 is 0 Å². The van der Waals surface area contributed by atoms with Crippen molar-refractivity contribution in [2.24, 2.45) is 11.7 Å². The highest BCUT2D eigenvalue weighted by molar-refractivity contribution is 4.72. The van der Waals surface area contributed by atoms with Crippen LogP contribution < -0.4 is 5.73 Å². The molecule has 2 N–H and O–H groups in total. The first kappa shape index (κ1) is 10.0. The fourth-order valence-corrected chi connectivity index (χ4v) is 1.94. The van der Waals surface area contributed by atoms with E-state index in [9.17, 15) is 0 Å². The molecule has 2 nitrogen and oxygen atoms in total. The lowest BCUT2D eigenvalue weighted by Gasteiger charge is -2.16. The second kappa shape index (κ2) is 5.55. The minimum absolute atomic E-state index is 0.429. The van der Waals surface area contributed by atoms with Crippen LogP contribution in [0.15, 0.2) is 0 Å². The van der Waals surface area contributed by atoms with E-state index in [2.05, 4.69) is 6.92 Å². The van der Waals surface area contributed by atoms with E-state index in [0.717, 1.165) is 19.1 Å². The SMILES string of the molecule is CCOCC1CCCCC(N)C1. The predicted molar refractivity (Wildman–Crippen MR) is 51.0 cm³/mol. The third-order valence-electron chi connectivity index (χ3n) is 2.63. The third kappa shape index (κ3) is 3.55. The number of nitrogens with two attached hydrogens (primary N) is 1. The number of rotatable bonds is 3. The Labute approximate surface area is 75.5 Å². The van der Waals surface area contributed by atoms with Crippen molar-refractivity contribution < 1.29 is 4.74 Å². The van der Waals surface area contributed by atoms with E-state index in [1.807, 2.05) is 0 Å². The highest BCUT2D eigenvalue weighted by Crippen LogP contribution is 2.22. The van der Waals surface area contributed by atoms with Gasteiger partial charge in [-0.3, -0.25) is 0 Å². The summed E-state index contributed by atoms with van der Waals surface area (Å²) in [6.45, 7) is 3.81. The molecule has 0 heterocycles. The molecule has 0 aromatic rings. The van der Waals surface area contributed by atoms with E-state index in [1.54, 1.807) is 0 Å². The maximum Gasteiger partial charge on any atom is 0.0494 e. The van der Waals surface area contributed by atoms with Gasteiger partial charge in [0.1, 0.15) is 0 Å². The zero-order valence-electron chi connectivity index (χ0n) is 8.09. The van der Waals surface area contributed by atoms with Crippen LogP contribution in [0.1, 0.15) is 39.0 Å². The van der Waals surface area contributed by atoms with Crippen LogP contribution in [-0.4, -0.2) is 19.3 Å². The van der Waals surface area contributed by atoms with E-state index in [-0.39, 0.29) is 0 Å². The van der Waals surface area contributed by atoms with Gasteiger partial charge in [-0.2, -0.15) is 0 Å². The maximum absolute atomic E-state index is 5.94. The largest absolute Gasteiger partial charge is 0.381 e. The Morgan fingerprint density at radius 2 is 2.08 bits per heavy atom. The lowest BCUT2D eigenvalue weighted by atomic mass is 10.00. The van der Waals surface area contributed by atoms with E-state index < -0.39 is 0 Å². The third-order valence-corrected chi connectivity index (χ3v) is 2.63. The van der Waals surface area contributed by atoms with Crippen LogP contribution in [-0.2, 0) is 4.74 Å². The van der Waals surface area contributed by atoms with Gasteiger partial charge >= 0.3 is 0 Å². The van der Waals surface area contributed by atoms with Gasteiger partial charge in [0.05, 0.1) is 0 Å². The topological polar surface area (TPSA) is 35.2 Å². The molecule has 0 spiro atoms. The highest BCUT2D eigenvalue weighted by atomic mass is 16.5. The molecule has 2 atom stereocenters. The number of ether oxygens (including phenoxy) is 1. The van der Waals surface area contributed by atoms with Crippen LogP contribution in [0.25, 0.3) is 0 Å². The zero-order chi connectivity index (χ0) is 8.81. The van der Waals surface area contributed by atoms with Gasteiger partial charge in [-0.1, -0.05) is 12.8 Å². The molecule has 0 aliphatic heterocycles. The first-order valence-corrected chi connectivity index (χ1v) is 5.16. The smallest absolute Gasteiger partial charge is 0.0494 e. The van der Waals surface area contributed by atoms with E-state index in [1.165, 1.54) is 32.1 Å². The second-order valence-electron chi connectivity index (χ2n) is 3.81. The normalized spacial score (nSPS) is 31.5. The first-order valence-electron chi connectivity index (χ1n) is 5.16. The summed E-state index contributed by atoms with van der Waals surface area (Å²) < 4.78 is 5.42. The van der Waals surface area contributed by atoms with Crippen molar-refractivity contribution in [2.45, 2.75) is 45.1 Å². The summed E-state index contributed by atoms with van der Waals surface area (Å²) in [5.74, 6) is 0.724. The molecule has 0 radical (unpaired) electrons. The van der Waals surface area contributed by atoms with Gasteiger partial charge in [-0.25, -0.2) is 0 Å². The Balaban J connectivity index is 2.21. The summed E-state index contributed by atoms with van der Waals surface area (Å²) in [6, 6.07) is 0.429. The molecule has 72 valence electrons. The molecule has 1 aliphatic rings. The molecule has 0 bridgehead atoms. The van der Waals surface area contributed by atoms with Crippen molar-refractivity contribution in [1.82, 2.24) is 0 Å². The molecular formula is C10H21NO. The van der Waals surface area contributed by atoms with Crippen molar-refractivity contribution in [2.75, 3.05) is 13.2 Å². The molecule has 0 saturated heterocycles. The van der Waals surface area contributed by atoms with Crippen LogP contribution in [0.4, 0.5) is 0 Å². The molecule has 0 amide bonds. The van der Waals surface area contributed by atoms with Gasteiger partial charge in [-0.05, 0) is 32.1 Å². The molecule has 1 saturated carbocycles. The molecule has 0 aromatic heterocycles. The van der Waals surface area contributed by atoms with Crippen LogP contribution in [0.2, 0.25) is 0 Å². The summed E-state index contributed by atoms with van der Waals surface area (Å²) in [5.41, 5.74) is 5.94. The summed E-state index contributed by atoms with van der Waals surface area (Å²) >= 11 is 0. The fraction of sp³-hybridized carbons (Fsp3) is 1.00. The van der Waals surface area contributed by atoms with Gasteiger partial charge < -0.3 is 10.5 Å². The van der Waals surface area contributed by atoms with Crippen LogP contribution in [0, 0.1) is 5.92 Å². The van der Waals surface area contributed by atoms with Crippen molar-refractivity contribution in [3.63, 3.8) is 0 Å². The van der Waals surface area contributed by atoms with Gasteiger partial charge in [0.15, 0.2) is 0 Å². The second-order valence-corrected chi connectivity index (χ2v) is 3.81. The minimum atomic E-state index is 0.429. The molecule has 1 fully saturated rings. The van der Waals surface area contributed by atoms with Crippen LogP contribution >= 0.6 is 0 Å². The number of hydrogen-bond acceptors (Lipinski definition) is 2. The first-order chi connectivity index (χ1) is 5.83. The Morgan fingerprint density at radius 1 is 1.33 bits per heavy atom. The molecule has 2 unspecified atom stereocenters. The summed E-state index contributed by atoms with van der Waals surface area (Å²) in [4.78, 5) is 0. The summed E-state index contributed by atoms with van der Waals surface area (Å²) in [7, 11) is 0. The van der Waals surface area contributed by atoms with Crippen molar-refractivity contribution in [3.8, 4) is 0 Å². The fourth-order valence-electron chi connectivity index (χ4n) is 1.94. The van der Waals surface area contributed by atoms with Gasteiger partial charge in [0.2, 0.25) is 0 Å². The molecule has 12 heavy (non-hydrogen) atoms. The lowest BCUT2D eigenvalue weighted by molar-refractivity contribution is 0.103. The summed E-state index contributed by atoms with van der Waals surface area (Å²) in [5, 5.41) is 0. The highest BCUT2D eigenvalue weighted by Gasteiger charge is 2.16. The molecule has 0 aromatic carbocycles. The maximum atomic E-state index is 5.94.